The van der Waals surface area contributed by atoms with Gasteiger partial charge in [0.15, 0.2) is 5.78 Å². The highest BCUT2D eigenvalue weighted by molar-refractivity contribution is 5.98. The largest absolute Gasteiger partial charge is 0.366 e. The summed E-state index contributed by atoms with van der Waals surface area (Å²) in [6.45, 7) is 22.7. The van der Waals surface area contributed by atoms with Crippen molar-refractivity contribution in [2.24, 2.45) is 0 Å². The van der Waals surface area contributed by atoms with E-state index in [1.807, 2.05) is 0 Å². The molecule has 0 aromatic heterocycles. The van der Waals surface area contributed by atoms with Gasteiger partial charge in [0.2, 0.25) is 5.92 Å². The first-order chi connectivity index (χ1) is 22.2. The van der Waals surface area contributed by atoms with Crippen molar-refractivity contribution < 1.29 is 18.3 Å². The first-order valence-electron chi connectivity index (χ1n) is 18.0. The van der Waals surface area contributed by atoms with Gasteiger partial charge in [0.1, 0.15) is 0 Å². The Morgan fingerprint density at radius 1 is 0.957 bits per heavy atom. The second kappa shape index (κ2) is 27.2. The molecule has 2 nitrogen and oxygen atoms in total. The van der Waals surface area contributed by atoms with Gasteiger partial charge in [-0.2, -0.15) is 0 Å². The van der Waals surface area contributed by atoms with Crippen molar-refractivity contribution in [3.05, 3.63) is 75.9 Å². The van der Waals surface area contributed by atoms with E-state index in [2.05, 4.69) is 98.6 Å². The Bertz CT molecular complexity index is 1150. The predicted molar refractivity (Wildman–Crippen MR) is 203 cm³/mol. The molecule has 1 aromatic carbocycles. The third kappa shape index (κ3) is 21.7. The summed E-state index contributed by atoms with van der Waals surface area (Å²) in [4.78, 5) is 12.6. The van der Waals surface area contributed by atoms with Gasteiger partial charge < -0.3 is 4.74 Å². The molecule has 0 amide bonds. The number of rotatable bonds is 15. The zero-order valence-electron chi connectivity index (χ0n) is 32.0. The van der Waals surface area contributed by atoms with Crippen molar-refractivity contribution in [2.75, 3.05) is 6.61 Å². The molecule has 0 fully saturated rings. The topological polar surface area (TPSA) is 26.3 Å². The Labute approximate surface area is 289 Å². The van der Waals surface area contributed by atoms with Gasteiger partial charge >= 0.3 is 0 Å². The zero-order valence-corrected chi connectivity index (χ0v) is 32.0. The second-order valence-corrected chi connectivity index (χ2v) is 12.7. The fourth-order valence-electron chi connectivity index (χ4n) is 4.91. The molecule has 0 radical (unpaired) electrons. The number of terminal acetylenes is 1. The van der Waals surface area contributed by atoms with Crippen LogP contribution in [-0.2, 0) is 9.53 Å². The van der Waals surface area contributed by atoms with Gasteiger partial charge in [0.25, 0.3) is 0 Å². The monoisotopic (exact) mass is 655 g/mol. The minimum absolute atomic E-state index is 0.249. The summed E-state index contributed by atoms with van der Waals surface area (Å²) in [6, 6.07) is 8.47. The van der Waals surface area contributed by atoms with Crippen molar-refractivity contribution in [1.82, 2.24) is 0 Å². The van der Waals surface area contributed by atoms with Crippen LogP contribution in [0.3, 0.4) is 0 Å². The molecule has 0 saturated carbocycles. The third-order valence-corrected chi connectivity index (χ3v) is 7.88. The smallest absolute Gasteiger partial charge is 0.248 e. The van der Waals surface area contributed by atoms with Crippen molar-refractivity contribution >= 4 is 11.9 Å². The lowest BCUT2D eigenvalue weighted by Gasteiger charge is -2.31. The van der Waals surface area contributed by atoms with Crippen LogP contribution in [0.1, 0.15) is 157 Å². The van der Waals surface area contributed by atoms with E-state index in [1.165, 1.54) is 41.2 Å². The average Bonchev–Trinajstić information content (AvgIpc) is 3.36. The summed E-state index contributed by atoms with van der Waals surface area (Å²) in [5, 5.41) is 0. The molecule has 47 heavy (non-hydrogen) atoms. The zero-order chi connectivity index (χ0) is 36.3. The van der Waals surface area contributed by atoms with E-state index in [0.717, 1.165) is 69.4 Å². The number of aryl methyl sites for hydroxylation is 1. The molecule has 0 N–H and O–H groups in total. The molecule has 1 aromatic rings. The van der Waals surface area contributed by atoms with Crippen LogP contribution in [0.25, 0.3) is 6.08 Å². The van der Waals surface area contributed by atoms with E-state index in [4.69, 9.17) is 11.2 Å². The number of allylic oxidation sites excluding steroid dienone is 5. The molecule has 1 aliphatic rings. The van der Waals surface area contributed by atoms with Crippen LogP contribution in [0.15, 0.2) is 64.8 Å². The highest BCUT2D eigenvalue weighted by Crippen LogP contribution is 2.40. The Balaban J connectivity index is 0. The number of ketones is 1. The molecular weight excluding hydrogens is 586 g/mol. The third-order valence-electron chi connectivity index (χ3n) is 7.88. The van der Waals surface area contributed by atoms with Crippen LogP contribution in [-0.4, -0.2) is 23.9 Å². The molecule has 0 saturated heterocycles. The summed E-state index contributed by atoms with van der Waals surface area (Å²) < 4.78 is 30.5. The van der Waals surface area contributed by atoms with Gasteiger partial charge in [-0.25, -0.2) is 8.78 Å². The maximum absolute atomic E-state index is 12.6. The van der Waals surface area contributed by atoms with Crippen molar-refractivity contribution in [1.29, 1.82) is 0 Å². The molecule has 0 aliphatic carbocycles. The maximum atomic E-state index is 12.6. The molecule has 4 heteroatoms. The number of benzene rings is 1. The standard InChI is InChI=1S/C17H30O2.C12H16.C10H12F2.C4H10/c1-5-8-9-10-15(18)16-14(4)13-19-17(16,11-6-2)12-7-3;1-4-10(2)9-12-8-6-5-7-11(12)3;1-4-9(2)7-5-6-8-10(3,11)12;1-3-4-2/h5-13H2,1-4H3;5-9H,4H2,1-3H3;1,5-7H,8H2,2-3H3;3-4H2,1-2H3/b;10-9+;6-5-,9-7-;. The molecular formula is C43H68F2O2. The number of Topliss-reactive ketones (excluding diaryl/α,β-unsaturated/α-hetero) is 1. The SMILES string of the molecule is C#C/C(C)=C\C=C/CC(C)(F)F.CC/C(C)=C/c1ccccc1C.CCCC.CCCCCC(=O)C1=C(C)COC1(CCC)CCC. The van der Waals surface area contributed by atoms with Crippen molar-refractivity contribution in [3.8, 4) is 12.3 Å². The number of carbonyl (C=O) groups is 1. The van der Waals surface area contributed by atoms with Crippen molar-refractivity contribution in [2.45, 2.75) is 165 Å². The second-order valence-electron chi connectivity index (χ2n) is 12.7. The van der Waals surface area contributed by atoms with E-state index >= 15 is 0 Å². The number of unbranched alkanes of at least 4 members (excludes halogenated alkanes) is 3. The molecule has 0 unspecified atom stereocenters. The Morgan fingerprint density at radius 3 is 2.02 bits per heavy atom. The van der Waals surface area contributed by atoms with E-state index in [0.29, 0.717) is 18.8 Å². The molecule has 0 bridgehead atoms. The molecule has 0 atom stereocenters. The lowest BCUT2D eigenvalue weighted by molar-refractivity contribution is -0.118. The summed E-state index contributed by atoms with van der Waals surface area (Å²) in [5.74, 6) is 0.0926. The normalized spacial score (nSPS) is 14.4. The summed E-state index contributed by atoms with van der Waals surface area (Å²) in [6.07, 6.45) is 23.5. The Kier molecular flexibility index (Phi) is 26.8. The first-order valence-corrected chi connectivity index (χ1v) is 18.0. The average molecular weight is 655 g/mol. The van der Waals surface area contributed by atoms with Crippen LogP contribution in [0.2, 0.25) is 0 Å². The van der Waals surface area contributed by atoms with E-state index in [9.17, 15) is 13.6 Å². The molecule has 1 heterocycles. The summed E-state index contributed by atoms with van der Waals surface area (Å²) in [7, 11) is 0. The summed E-state index contributed by atoms with van der Waals surface area (Å²) in [5.41, 5.74) is 6.78. The molecule has 2 rings (SSSR count). The van der Waals surface area contributed by atoms with Crippen LogP contribution in [0.5, 0.6) is 0 Å². The number of halogens is 2. The van der Waals surface area contributed by atoms with Crippen LogP contribution >= 0.6 is 0 Å². The molecule has 0 spiro atoms. The highest BCUT2D eigenvalue weighted by Gasteiger charge is 2.42. The van der Waals surface area contributed by atoms with Gasteiger partial charge in [-0.05, 0) is 82.6 Å². The maximum Gasteiger partial charge on any atom is 0.248 e. The van der Waals surface area contributed by atoms with Gasteiger partial charge in [0.05, 0.1) is 12.2 Å². The quantitative estimate of drug-likeness (QED) is 0.107. The van der Waals surface area contributed by atoms with Gasteiger partial charge in [-0.15, -0.1) is 6.42 Å². The number of ether oxygens (including phenoxy) is 1. The fraction of sp³-hybridized carbons (Fsp3) is 0.605. The predicted octanol–water partition coefficient (Wildman–Crippen LogP) is 13.6. The number of alkyl halides is 2. The van der Waals surface area contributed by atoms with E-state index < -0.39 is 5.92 Å². The van der Waals surface area contributed by atoms with Crippen molar-refractivity contribution in [3.63, 3.8) is 0 Å². The summed E-state index contributed by atoms with van der Waals surface area (Å²) >= 11 is 0. The molecule has 266 valence electrons. The number of carbonyl (C=O) groups excluding carboxylic acids is 1. The van der Waals surface area contributed by atoms with Crippen LogP contribution < -0.4 is 0 Å². The van der Waals surface area contributed by atoms with E-state index in [1.54, 1.807) is 19.1 Å². The number of hydrogen-bond acceptors (Lipinski definition) is 2. The molecule has 1 aliphatic heterocycles. The van der Waals surface area contributed by atoms with E-state index in [-0.39, 0.29) is 12.0 Å². The minimum atomic E-state index is -2.63. The Hall–Kier alpha value is -2.77. The first kappa shape index (κ1) is 46.3. The number of hydrogen-bond donors (Lipinski definition) is 0. The lowest BCUT2D eigenvalue weighted by Crippen LogP contribution is -2.34. The highest BCUT2D eigenvalue weighted by atomic mass is 19.3. The van der Waals surface area contributed by atoms with Crippen LogP contribution in [0, 0.1) is 19.3 Å². The Morgan fingerprint density at radius 2 is 1.55 bits per heavy atom. The van der Waals surface area contributed by atoms with Gasteiger partial charge in [-0.3, -0.25) is 4.79 Å². The van der Waals surface area contributed by atoms with Gasteiger partial charge in [0, 0.05) is 18.4 Å². The van der Waals surface area contributed by atoms with Gasteiger partial charge in [-0.1, -0.05) is 140 Å². The fourth-order valence-corrected chi connectivity index (χ4v) is 4.91. The minimum Gasteiger partial charge on any atom is -0.366 e. The van der Waals surface area contributed by atoms with Crippen LogP contribution in [0.4, 0.5) is 8.78 Å². The lowest BCUT2D eigenvalue weighted by atomic mass is 9.81.